The molecule has 218 valence electrons. The molecule has 6 rings (SSSR count). The Kier molecular flexibility index (Phi) is 8.14. The van der Waals surface area contributed by atoms with Crippen LogP contribution in [0.3, 0.4) is 0 Å². The zero-order chi connectivity index (χ0) is 28.4. The van der Waals surface area contributed by atoms with E-state index in [2.05, 4.69) is 37.6 Å². The van der Waals surface area contributed by atoms with E-state index in [-0.39, 0.29) is 40.8 Å². The summed E-state index contributed by atoms with van der Waals surface area (Å²) in [6, 6.07) is 6.29. The van der Waals surface area contributed by atoms with Crippen LogP contribution in [0.15, 0.2) is 35.5 Å². The molecule has 0 radical (unpaired) electrons. The first kappa shape index (κ1) is 27.9. The highest BCUT2D eigenvalue weighted by Crippen LogP contribution is 2.41. The van der Waals surface area contributed by atoms with Crippen molar-refractivity contribution in [3.8, 4) is 11.8 Å². The monoisotopic (exact) mass is 587 g/mol. The lowest BCUT2D eigenvalue weighted by atomic mass is 9.90. The number of hydrogen-bond acceptors (Lipinski definition) is 7. The fraction of sp³-hybridized carbons (Fsp3) is 0.536. The highest BCUT2D eigenvalue weighted by Gasteiger charge is 2.33. The quantitative estimate of drug-likeness (QED) is 0.315. The van der Waals surface area contributed by atoms with Crippen molar-refractivity contribution in [3.05, 3.63) is 41.9 Å². The molecule has 2 aliphatic carbocycles. The number of halogens is 3. The molecular weight excluding hydrogens is 555 g/mol. The molecule has 0 unspecified atom stereocenters. The third-order valence-electron chi connectivity index (χ3n) is 7.77. The molecule has 2 saturated carbocycles. The van der Waals surface area contributed by atoms with Gasteiger partial charge in [-0.2, -0.15) is 23.4 Å². The van der Waals surface area contributed by atoms with Crippen LogP contribution in [0, 0.1) is 11.8 Å². The normalized spacial score (nSPS) is 21.8. The average Bonchev–Trinajstić information content (AvgIpc) is 3.59. The first-order valence-corrected chi connectivity index (χ1v) is 14.8. The molecule has 3 aromatic rings. The maximum absolute atomic E-state index is 13.5. The molecule has 0 spiro atoms. The molecule has 3 fully saturated rings. The second-order valence-electron chi connectivity index (χ2n) is 10.7. The second-order valence-corrected chi connectivity index (χ2v) is 11.7. The number of alkyl halides is 3. The Morgan fingerprint density at radius 3 is 2.59 bits per heavy atom. The van der Waals surface area contributed by atoms with Gasteiger partial charge < -0.3 is 15.4 Å². The van der Waals surface area contributed by atoms with Gasteiger partial charge in [0.05, 0.1) is 48.0 Å². The SMILES string of the molecule is O=C(NCC#Cc1nn2c(NC3CCC(N4CCOCC4)CC3)cccc2c1SC(F)(F)F)c1cnn(C2CC2)c1. The Morgan fingerprint density at radius 2 is 1.85 bits per heavy atom. The van der Waals surface area contributed by atoms with Crippen LogP contribution in [0.5, 0.6) is 0 Å². The van der Waals surface area contributed by atoms with Gasteiger partial charge >= 0.3 is 5.51 Å². The van der Waals surface area contributed by atoms with E-state index in [1.54, 1.807) is 23.0 Å². The number of nitrogens with one attached hydrogen (secondary N) is 2. The van der Waals surface area contributed by atoms with Crippen LogP contribution in [-0.2, 0) is 4.74 Å². The van der Waals surface area contributed by atoms with Crippen molar-refractivity contribution >= 4 is 29.0 Å². The number of thioether (sulfide) groups is 1. The van der Waals surface area contributed by atoms with Crippen molar-refractivity contribution in [3.63, 3.8) is 0 Å². The summed E-state index contributed by atoms with van der Waals surface area (Å²) < 4.78 is 49.3. The lowest BCUT2D eigenvalue weighted by Crippen LogP contribution is -2.46. The van der Waals surface area contributed by atoms with E-state index in [4.69, 9.17) is 4.74 Å². The number of amides is 1. The number of ether oxygens (including phenoxy) is 1. The highest BCUT2D eigenvalue weighted by atomic mass is 32.2. The first-order chi connectivity index (χ1) is 19.8. The van der Waals surface area contributed by atoms with Gasteiger partial charge in [-0.25, -0.2) is 4.52 Å². The van der Waals surface area contributed by atoms with Gasteiger partial charge in [-0.05, 0) is 68.3 Å². The number of rotatable bonds is 7. The predicted octanol–water partition coefficient (Wildman–Crippen LogP) is 4.31. The maximum atomic E-state index is 13.5. The molecule has 3 aliphatic rings. The summed E-state index contributed by atoms with van der Waals surface area (Å²) >= 11 is -0.221. The van der Waals surface area contributed by atoms with Gasteiger partial charge in [0.25, 0.3) is 5.91 Å². The van der Waals surface area contributed by atoms with E-state index in [0.29, 0.717) is 29.0 Å². The fourth-order valence-electron chi connectivity index (χ4n) is 5.54. The number of carbonyl (C=O) groups excluding carboxylic acids is 1. The molecule has 1 aliphatic heterocycles. The van der Waals surface area contributed by atoms with Crippen LogP contribution in [0.25, 0.3) is 5.52 Å². The summed E-state index contributed by atoms with van der Waals surface area (Å²) in [4.78, 5) is 14.9. The third-order valence-corrected chi connectivity index (χ3v) is 8.61. The van der Waals surface area contributed by atoms with Gasteiger partial charge in [-0.3, -0.25) is 14.4 Å². The Balaban J connectivity index is 1.15. The third kappa shape index (κ3) is 6.82. The van der Waals surface area contributed by atoms with Gasteiger partial charge in [0.2, 0.25) is 0 Å². The van der Waals surface area contributed by atoms with Gasteiger partial charge in [-0.15, -0.1) is 0 Å². The van der Waals surface area contributed by atoms with Crippen molar-refractivity contribution in [2.45, 2.75) is 67.1 Å². The van der Waals surface area contributed by atoms with E-state index >= 15 is 0 Å². The molecule has 1 saturated heterocycles. The number of fused-ring (bicyclic) bond motifs is 1. The minimum absolute atomic E-state index is 0.0217. The van der Waals surface area contributed by atoms with Crippen molar-refractivity contribution in [2.75, 3.05) is 38.2 Å². The Morgan fingerprint density at radius 1 is 1.10 bits per heavy atom. The maximum Gasteiger partial charge on any atom is 0.446 e. The smallest absolute Gasteiger partial charge is 0.379 e. The molecular formula is C28H32F3N7O2S. The molecule has 41 heavy (non-hydrogen) atoms. The molecule has 0 bridgehead atoms. The summed E-state index contributed by atoms with van der Waals surface area (Å²) in [5.74, 6) is 5.83. The first-order valence-electron chi connectivity index (χ1n) is 14.0. The zero-order valence-electron chi connectivity index (χ0n) is 22.5. The van der Waals surface area contributed by atoms with Crippen LogP contribution in [-0.4, -0.2) is 80.6 Å². The van der Waals surface area contributed by atoms with E-state index in [1.807, 2.05) is 6.07 Å². The van der Waals surface area contributed by atoms with Crippen molar-refractivity contribution < 1.29 is 22.7 Å². The van der Waals surface area contributed by atoms with Gasteiger partial charge in [0, 0.05) is 31.4 Å². The van der Waals surface area contributed by atoms with Gasteiger partial charge in [0.1, 0.15) is 11.5 Å². The molecule has 9 nitrogen and oxygen atoms in total. The average molecular weight is 588 g/mol. The van der Waals surface area contributed by atoms with E-state index in [9.17, 15) is 18.0 Å². The topological polar surface area (TPSA) is 88.7 Å². The van der Waals surface area contributed by atoms with E-state index in [1.165, 1.54) is 10.7 Å². The van der Waals surface area contributed by atoms with Crippen LogP contribution < -0.4 is 10.6 Å². The minimum atomic E-state index is -4.50. The fourth-order valence-corrected chi connectivity index (χ4v) is 6.22. The van der Waals surface area contributed by atoms with Gasteiger partial charge in [-0.1, -0.05) is 12.0 Å². The van der Waals surface area contributed by atoms with E-state index in [0.717, 1.165) is 64.8 Å². The van der Waals surface area contributed by atoms with Crippen LogP contribution in [0.2, 0.25) is 0 Å². The minimum Gasteiger partial charge on any atom is -0.379 e. The van der Waals surface area contributed by atoms with Gasteiger partial charge in [0.15, 0.2) is 0 Å². The predicted molar refractivity (Wildman–Crippen MR) is 149 cm³/mol. The molecule has 3 aromatic heterocycles. The summed E-state index contributed by atoms with van der Waals surface area (Å²) in [6.07, 6.45) is 9.37. The van der Waals surface area contributed by atoms with Crippen molar-refractivity contribution in [2.24, 2.45) is 0 Å². The molecule has 2 N–H and O–H groups in total. The summed E-state index contributed by atoms with van der Waals surface area (Å²) in [6.45, 7) is 3.46. The Bertz CT molecular complexity index is 1440. The number of nitrogens with zero attached hydrogens (tertiary/aromatic N) is 5. The Hall–Kier alpha value is -3.21. The number of carbonyl (C=O) groups is 1. The number of pyridine rings is 1. The Labute approximate surface area is 240 Å². The van der Waals surface area contributed by atoms with Crippen molar-refractivity contribution in [1.82, 2.24) is 29.6 Å². The molecule has 0 aromatic carbocycles. The molecule has 4 heterocycles. The molecule has 1 amide bonds. The number of hydrogen-bond donors (Lipinski definition) is 2. The van der Waals surface area contributed by atoms with Crippen LogP contribution in [0.1, 0.15) is 60.6 Å². The largest absolute Gasteiger partial charge is 0.446 e. The summed E-state index contributed by atoms with van der Waals surface area (Å²) in [5.41, 5.74) is -3.72. The number of aromatic nitrogens is 4. The van der Waals surface area contributed by atoms with Crippen LogP contribution in [0.4, 0.5) is 19.0 Å². The van der Waals surface area contributed by atoms with Crippen molar-refractivity contribution in [1.29, 1.82) is 0 Å². The lowest BCUT2D eigenvalue weighted by Gasteiger charge is -2.39. The molecule has 0 atom stereocenters. The van der Waals surface area contributed by atoms with E-state index < -0.39 is 5.51 Å². The highest BCUT2D eigenvalue weighted by molar-refractivity contribution is 8.00. The summed E-state index contributed by atoms with van der Waals surface area (Å²) in [7, 11) is 0. The zero-order valence-corrected chi connectivity index (χ0v) is 23.3. The number of morpholine rings is 1. The van der Waals surface area contributed by atoms with Crippen LogP contribution >= 0.6 is 11.8 Å². The lowest BCUT2D eigenvalue weighted by molar-refractivity contribution is -0.0327. The molecule has 13 heteroatoms. The number of anilines is 1. The second kappa shape index (κ2) is 12.0. The summed E-state index contributed by atoms with van der Waals surface area (Å²) in [5, 5.41) is 14.9. The standard InChI is InChI=1S/C28H32F3N7O2S/c29-28(30,31)41-26-23(3-2-12-32-27(39)19-17-33-37(18-19)22-10-11-22)35-38-24(26)4-1-5-25(38)34-20-6-8-21(9-7-20)36-13-15-40-16-14-36/h1,4-5,17-18,20-22,34H,6-16H2,(H,32,39).